The van der Waals surface area contributed by atoms with Crippen LogP contribution in [0.2, 0.25) is 0 Å². The number of nitrogens with one attached hydrogen (secondary N) is 3. The molecule has 0 atom stereocenters. The Labute approximate surface area is 182 Å². The number of unbranched alkanes of at least 4 members (excludes halogenated alkanes) is 2. The highest BCUT2D eigenvalue weighted by atomic mass is 35.5. The highest BCUT2D eigenvalue weighted by Gasteiger charge is 2.10. The van der Waals surface area contributed by atoms with Crippen molar-refractivity contribution in [3.8, 4) is 11.3 Å². The zero-order chi connectivity index (χ0) is 20.5. The number of halogens is 1. The van der Waals surface area contributed by atoms with Gasteiger partial charge in [-0.05, 0) is 50.6 Å². The van der Waals surface area contributed by atoms with Crippen molar-refractivity contribution in [1.29, 1.82) is 0 Å². The first-order valence-electron chi connectivity index (χ1n) is 10.3. The van der Waals surface area contributed by atoms with E-state index in [2.05, 4.69) is 27.8 Å². The van der Waals surface area contributed by atoms with Crippen LogP contribution in [0, 0.1) is 0 Å². The summed E-state index contributed by atoms with van der Waals surface area (Å²) < 4.78 is 0. The molecule has 0 aliphatic carbocycles. The maximum Gasteiger partial charge on any atom is 0.272 e. The van der Waals surface area contributed by atoms with Crippen molar-refractivity contribution >= 4 is 34.8 Å². The van der Waals surface area contributed by atoms with Gasteiger partial charge in [-0.25, -0.2) is 5.10 Å². The van der Waals surface area contributed by atoms with E-state index in [4.69, 9.17) is 0 Å². The van der Waals surface area contributed by atoms with Gasteiger partial charge in [0.2, 0.25) is 5.91 Å². The standard InChI is InChI=1S/C23H28N4O2.ClH/c1-2-3-14-24-15-7-6-13-21(28)25-18-10-8-9-17(16-18)22-19-11-4-5-12-20(19)23(29)27-26-22;/h4-5,8-12,16,24H,2-3,6-7,13-15H2,1H3,(H,25,28)(H,27,29);1H. The number of nitrogens with zero attached hydrogens (tertiary/aromatic N) is 1. The third-order valence-electron chi connectivity index (χ3n) is 4.83. The van der Waals surface area contributed by atoms with Crippen LogP contribution in [-0.2, 0) is 4.79 Å². The Morgan fingerprint density at radius 1 is 1.00 bits per heavy atom. The lowest BCUT2D eigenvalue weighted by molar-refractivity contribution is -0.116. The van der Waals surface area contributed by atoms with Crippen LogP contribution in [0.25, 0.3) is 22.0 Å². The molecule has 0 unspecified atom stereocenters. The first-order valence-corrected chi connectivity index (χ1v) is 10.3. The first kappa shape index (κ1) is 23.6. The van der Waals surface area contributed by atoms with Crippen molar-refractivity contribution in [2.45, 2.75) is 39.0 Å². The zero-order valence-corrected chi connectivity index (χ0v) is 18.1. The number of hydrogen-bond donors (Lipinski definition) is 3. The van der Waals surface area contributed by atoms with Crippen molar-refractivity contribution in [2.24, 2.45) is 0 Å². The molecule has 30 heavy (non-hydrogen) atoms. The van der Waals surface area contributed by atoms with E-state index < -0.39 is 0 Å². The van der Waals surface area contributed by atoms with Crippen LogP contribution in [0.5, 0.6) is 0 Å². The highest BCUT2D eigenvalue weighted by Crippen LogP contribution is 2.26. The Morgan fingerprint density at radius 2 is 1.77 bits per heavy atom. The van der Waals surface area contributed by atoms with Crippen LogP contribution in [0.3, 0.4) is 0 Å². The van der Waals surface area contributed by atoms with Crippen LogP contribution >= 0.6 is 12.4 Å². The summed E-state index contributed by atoms with van der Waals surface area (Å²) in [6, 6.07) is 14.9. The number of benzene rings is 2. The van der Waals surface area contributed by atoms with Crippen LogP contribution < -0.4 is 16.2 Å². The molecular formula is C23H29ClN4O2. The number of rotatable bonds is 10. The summed E-state index contributed by atoms with van der Waals surface area (Å²) in [5.74, 6) is 0.00925. The molecule has 3 N–H and O–H groups in total. The molecule has 1 amide bonds. The molecule has 0 aliphatic rings. The fraction of sp³-hybridized carbons (Fsp3) is 0.348. The molecular weight excluding hydrogens is 400 g/mol. The monoisotopic (exact) mass is 428 g/mol. The minimum atomic E-state index is -0.210. The van der Waals surface area contributed by atoms with Gasteiger partial charge in [-0.2, -0.15) is 5.10 Å². The number of H-pyrrole nitrogens is 1. The second kappa shape index (κ2) is 12.1. The minimum absolute atomic E-state index is 0. The van der Waals surface area contributed by atoms with Gasteiger partial charge in [0.1, 0.15) is 0 Å². The molecule has 0 saturated carbocycles. The third-order valence-corrected chi connectivity index (χ3v) is 4.83. The molecule has 160 valence electrons. The maximum atomic E-state index is 12.3. The molecule has 0 radical (unpaired) electrons. The molecule has 3 rings (SSSR count). The van der Waals surface area contributed by atoms with E-state index in [1.807, 2.05) is 42.5 Å². The van der Waals surface area contributed by atoms with Gasteiger partial charge in [-0.3, -0.25) is 9.59 Å². The van der Waals surface area contributed by atoms with Gasteiger partial charge in [-0.1, -0.05) is 43.7 Å². The Bertz CT molecular complexity index is 1020. The average molecular weight is 429 g/mol. The molecule has 1 heterocycles. The predicted octanol–water partition coefficient (Wildman–Crippen LogP) is 4.51. The van der Waals surface area contributed by atoms with E-state index in [1.54, 1.807) is 6.07 Å². The quantitative estimate of drug-likeness (QED) is 0.414. The van der Waals surface area contributed by atoms with E-state index in [9.17, 15) is 9.59 Å². The van der Waals surface area contributed by atoms with Gasteiger partial charge in [0.25, 0.3) is 5.56 Å². The van der Waals surface area contributed by atoms with Crippen LogP contribution in [0.1, 0.15) is 39.0 Å². The summed E-state index contributed by atoms with van der Waals surface area (Å²) in [5, 5.41) is 14.5. The normalized spacial score (nSPS) is 10.6. The van der Waals surface area contributed by atoms with Crippen molar-refractivity contribution < 1.29 is 4.79 Å². The fourth-order valence-electron chi connectivity index (χ4n) is 3.26. The molecule has 1 aromatic heterocycles. The minimum Gasteiger partial charge on any atom is -0.326 e. The molecule has 7 heteroatoms. The summed E-state index contributed by atoms with van der Waals surface area (Å²) >= 11 is 0. The second-order valence-electron chi connectivity index (χ2n) is 7.14. The molecule has 0 saturated heterocycles. The largest absolute Gasteiger partial charge is 0.326 e. The number of aromatic nitrogens is 2. The summed E-state index contributed by atoms with van der Waals surface area (Å²) in [4.78, 5) is 24.3. The smallest absolute Gasteiger partial charge is 0.272 e. The van der Waals surface area contributed by atoms with Gasteiger partial charge >= 0.3 is 0 Å². The van der Waals surface area contributed by atoms with Crippen LogP contribution in [-0.4, -0.2) is 29.2 Å². The van der Waals surface area contributed by atoms with Gasteiger partial charge in [0.15, 0.2) is 0 Å². The van der Waals surface area contributed by atoms with Crippen molar-refractivity contribution in [2.75, 3.05) is 18.4 Å². The number of amides is 1. The van der Waals surface area contributed by atoms with Crippen molar-refractivity contribution in [1.82, 2.24) is 15.5 Å². The number of carbonyl (C=O) groups excluding carboxylic acids is 1. The van der Waals surface area contributed by atoms with Crippen molar-refractivity contribution in [3.63, 3.8) is 0 Å². The van der Waals surface area contributed by atoms with E-state index in [-0.39, 0.29) is 23.9 Å². The molecule has 3 aromatic rings. The molecule has 2 aromatic carbocycles. The van der Waals surface area contributed by atoms with E-state index in [1.165, 1.54) is 12.8 Å². The summed E-state index contributed by atoms with van der Waals surface area (Å²) in [7, 11) is 0. The Hall–Kier alpha value is -2.70. The summed E-state index contributed by atoms with van der Waals surface area (Å²) in [6.45, 7) is 4.17. The van der Waals surface area contributed by atoms with E-state index >= 15 is 0 Å². The number of hydrogen-bond acceptors (Lipinski definition) is 4. The Balaban J connectivity index is 0.00000320. The Kier molecular flexibility index (Phi) is 9.51. The first-order chi connectivity index (χ1) is 14.2. The summed E-state index contributed by atoms with van der Waals surface area (Å²) in [5.41, 5.74) is 2.05. The lowest BCUT2D eigenvalue weighted by Gasteiger charge is -2.09. The number of fused-ring (bicyclic) bond motifs is 1. The highest BCUT2D eigenvalue weighted by molar-refractivity contribution is 5.95. The topological polar surface area (TPSA) is 86.9 Å². The van der Waals surface area contributed by atoms with E-state index in [0.717, 1.165) is 42.6 Å². The van der Waals surface area contributed by atoms with Crippen molar-refractivity contribution in [3.05, 3.63) is 58.9 Å². The van der Waals surface area contributed by atoms with Gasteiger partial charge < -0.3 is 10.6 Å². The molecule has 0 bridgehead atoms. The molecule has 6 nitrogen and oxygen atoms in total. The number of anilines is 1. The van der Waals surface area contributed by atoms with Crippen LogP contribution in [0.4, 0.5) is 5.69 Å². The van der Waals surface area contributed by atoms with Gasteiger partial charge in [-0.15, -0.1) is 12.4 Å². The maximum absolute atomic E-state index is 12.3. The zero-order valence-electron chi connectivity index (χ0n) is 17.2. The summed E-state index contributed by atoms with van der Waals surface area (Å²) in [6.07, 6.45) is 4.73. The predicted molar refractivity (Wildman–Crippen MR) is 125 cm³/mol. The third kappa shape index (κ3) is 6.40. The Morgan fingerprint density at radius 3 is 2.57 bits per heavy atom. The SMILES string of the molecule is CCCCNCCCCC(=O)Nc1cccc(-c2n[nH]c(=O)c3ccccc23)c1.Cl. The van der Waals surface area contributed by atoms with Gasteiger partial charge in [0.05, 0.1) is 11.1 Å². The lowest BCUT2D eigenvalue weighted by Crippen LogP contribution is -2.17. The molecule has 0 fully saturated rings. The number of aromatic amines is 1. The molecule has 0 aliphatic heterocycles. The second-order valence-corrected chi connectivity index (χ2v) is 7.14. The fourth-order valence-corrected chi connectivity index (χ4v) is 3.26. The van der Waals surface area contributed by atoms with E-state index in [0.29, 0.717) is 17.5 Å². The lowest BCUT2D eigenvalue weighted by atomic mass is 10.0. The van der Waals surface area contributed by atoms with Gasteiger partial charge in [0, 0.05) is 23.1 Å². The number of carbonyl (C=O) groups is 1. The molecule has 0 spiro atoms. The average Bonchev–Trinajstić information content (AvgIpc) is 2.74. The van der Waals surface area contributed by atoms with Crippen LogP contribution in [0.15, 0.2) is 53.3 Å².